The summed E-state index contributed by atoms with van der Waals surface area (Å²) >= 11 is 0. The minimum absolute atomic E-state index is 0.0388. The molecule has 3 aromatic rings. The summed E-state index contributed by atoms with van der Waals surface area (Å²) in [6.45, 7) is 1.88. The highest BCUT2D eigenvalue weighted by Crippen LogP contribution is 2.26. The molecule has 0 atom stereocenters. The third kappa shape index (κ3) is 1.51. The molecular weight excluding hydrogens is 271 g/mol. The number of benzene rings is 2. The number of carbonyl (C=O) groups is 1. The van der Waals surface area contributed by atoms with Gasteiger partial charge in [-0.15, -0.1) is 0 Å². The smallest absolute Gasteiger partial charge is 0.266 e. The summed E-state index contributed by atoms with van der Waals surface area (Å²) < 4.78 is 14.6. The summed E-state index contributed by atoms with van der Waals surface area (Å²) in [5.41, 5.74) is 1.66. The Balaban J connectivity index is 2.18. The van der Waals surface area contributed by atoms with Crippen LogP contribution in [-0.2, 0) is 0 Å². The summed E-state index contributed by atoms with van der Waals surface area (Å²) in [4.78, 5) is 29.2. The molecule has 0 fully saturated rings. The number of aryl methyl sites for hydroxylation is 1. The van der Waals surface area contributed by atoms with Gasteiger partial charge in [0.1, 0.15) is 5.82 Å². The zero-order chi connectivity index (χ0) is 14.7. The van der Waals surface area contributed by atoms with Crippen molar-refractivity contribution in [2.24, 2.45) is 0 Å². The van der Waals surface area contributed by atoms with E-state index in [0.717, 1.165) is 11.6 Å². The molecule has 0 unspecified atom stereocenters. The molecule has 1 aromatic heterocycles. The van der Waals surface area contributed by atoms with Crippen molar-refractivity contribution in [3.63, 3.8) is 0 Å². The Kier molecular flexibility index (Phi) is 2.19. The summed E-state index contributed by atoms with van der Waals surface area (Å²) in [6, 6.07) is 9.09. The van der Waals surface area contributed by atoms with E-state index >= 15 is 0 Å². The van der Waals surface area contributed by atoms with Crippen molar-refractivity contribution in [3.05, 3.63) is 69.5 Å². The van der Waals surface area contributed by atoms with Crippen LogP contribution < -0.4 is 5.56 Å². The molecule has 1 aliphatic heterocycles. The van der Waals surface area contributed by atoms with Crippen molar-refractivity contribution in [2.75, 3.05) is 0 Å². The molecule has 4 nitrogen and oxygen atoms in total. The Morgan fingerprint density at radius 2 is 1.90 bits per heavy atom. The second-order valence-electron chi connectivity index (χ2n) is 5.09. The third-order valence-corrected chi connectivity index (χ3v) is 3.67. The van der Waals surface area contributed by atoms with Gasteiger partial charge in [-0.05, 0) is 37.3 Å². The number of rotatable bonds is 0. The Morgan fingerprint density at radius 3 is 2.71 bits per heavy atom. The van der Waals surface area contributed by atoms with E-state index in [-0.39, 0.29) is 16.9 Å². The molecule has 0 aliphatic carbocycles. The monoisotopic (exact) mass is 280 g/mol. The van der Waals surface area contributed by atoms with Crippen molar-refractivity contribution in [3.8, 4) is 5.69 Å². The molecule has 0 radical (unpaired) electrons. The highest BCUT2D eigenvalue weighted by molar-refractivity contribution is 6.13. The topological polar surface area (TPSA) is 52.0 Å². The van der Waals surface area contributed by atoms with E-state index in [1.165, 1.54) is 16.7 Å². The molecule has 2 aromatic carbocycles. The molecule has 2 heterocycles. The number of nitrogens with zero attached hydrogens (tertiary/aromatic N) is 2. The predicted molar refractivity (Wildman–Crippen MR) is 75.5 cm³/mol. The molecule has 0 N–H and O–H groups in total. The van der Waals surface area contributed by atoms with E-state index in [0.29, 0.717) is 16.6 Å². The van der Waals surface area contributed by atoms with E-state index in [1.807, 2.05) is 13.0 Å². The van der Waals surface area contributed by atoms with Crippen molar-refractivity contribution < 1.29 is 9.18 Å². The second kappa shape index (κ2) is 3.85. The van der Waals surface area contributed by atoms with Crippen LogP contribution in [0.3, 0.4) is 0 Å². The molecule has 4 rings (SSSR count). The van der Waals surface area contributed by atoms with E-state index < -0.39 is 11.6 Å². The SMILES string of the molecule is Cc1ccc2nc3n(c(=O)c2c1)-c1ccc(F)cc1C3=O. The van der Waals surface area contributed by atoms with Crippen molar-refractivity contribution >= 4 is 16.7 Å². The number of hydrogen-bond donors (Lipinski definition) is 0. The first-order chi connectivity index (χ1) is 10.1. The van der Waals surface area contributed by atoms with E-state index in [2.05, 4.69) is 4.98 Å². The van der Waals surface area contributed by atoms with Crippen molar-refractivity contribution in [2.45, 2.75) is 6.92 Å². The first-order valence-corrected chi connectivity index (χ1v) is 6.44. The lowest BCUT2D eigenvalue weighted by Crippen LogP contribution is -2.21. The quantitative estimate of drug-likeness (QED) is 0.497. The average Bonchev–Trinajstić information content (AvgIpc) is 2.73. The van der Waals surface area contributed by atoms with Crippen LogP contribution in [0.5, 0.6) is 0 Å². The lowest BCUT2D eigenvalue weighted by Gasteiger charge is -2.05. The number of ketones is 1. The fourth-order valence-electron chi connectivity index (χ4n) is 2.68. The van der Waals surface area contributed by atoms with Gasteiger partial charge in [0, 0.05) is 0 Å². The zero-order valence-corrected chi connectivity index (χ0v) is 11.1. The normalized spacial score (nSPS) is 12.6. The Bertz CT molecular complexity index is 1010. The summed E-state index contributed by atoms with van der Waals surface area (Å²) in [6.07, 6.45) is 0. The van der Waals surface area contributed by atoms with Gasteiger partial charge in [-0.25, -0.2) is 9.37 Å². The van der Waals surface area contributed by atoms with Crippen LogP contribution in [-0.4, -0.2) is 15.3 Å². The Labute approximate surface area is 118 Å². The van der Waals surface area contributed by atoms with Gasteiger partial charge in [-0.3, -0.25) is 14.2 Å². The van der Waals surface area contributed by atoms with Gasteiger partial charge in [0.2, 0.25) is 5.78 Å². The van der Waals surface area contributed by atoms with Crippen LogP contribution in [0.15, 0.2) is 41.2 Å². The zero-order valence-electron chi connectivity index (χ0n) is 11.1. The standard InChI is InChI=1S/C16H9FN2O2/c1-8-2-4-12-10(6-8)16(21)19-13-5-3-9(17)7-11(13)14(20)15(19)18-12/h2-7H,1H3. The Morgan fingerprint density at radius 1 is 1.10 bits per heavy atom. The molecular formula is C16H9FN2O2. The largest absolute Gasteiger partial charge is 0.285 e. The van der Waals surface area contributed by atoms with Crippen LogP contribution in [0.4, 0.5) is 4.39 Å². The minimum atomic E-state index is -0.511. The molecule has 0 spiro atoms. The number of hydrogen-bond acceptors (Lipinski definition) is 3. The first-order valence-electron chi connectivity index (χ1n) is 6.44. The highest BCUT2D eigenvalue weighted by atomic mass is 19.1. The van der Waals surface area contributed by atoms with Gasteiger partial charge in [-0.1, -0.05) is 11.6 Å². The molecule has 0 saturated heterocycles. The summed E-state index contributed by atoms with van der Waals surface area (Å²) in [5.74, 6) is -0.899. The number of carbonyl (C=O) groups excluding carboxylic acids is 1. The first kappa shape index (κ1) is 12.0. The van der Waals surface area contributed by atoms with E-state index in [9.17, 15) is 14.0 Å². The van der Waals surface area contributed by atoms with Gasteiger partial charge in [0.15, 0.2) is 5.82 Å². The van der Waals surface area contributed by atoms with E-state index in [4.69, 9.17) is 0 Å². The van der Waals surface area contributed by atoms with Gasteiger partial charge in [-0.2, -0.15) is 0 Å². The highest BCUT2D eigenvalue weighted by Gasteiger charge is 2.30. The average molecular weight is 280 g/mol. The van der Waals surface area contributed by atoms with Crippen molar-refractivity contribution in [1.82, 2.24) is 9.55 Å². The molecule has 5 heteroatoms. The van der Waals surface area contributed by atoms with Crippen molar-refractivity contribution in [1.29, 1.82) is 0 Å². The number of aromatic nitrogens is 2. The van der Waals surface area contributed by atoms with Gasteiger partial charge in [0.05, 0.1) is 22.2 Å². The van der Waals surface area contributed by atoms with Crippen LogP contribution in [0, 0.1) is 12.7 Å². The van der Waals surface area contributed by atoms with Gasteiger partial charge < -0.3 is 0 Å². The second-order valence-corrected chi connectivity index (χ2v) is 5.09. The van der Waals surface area contributed by atoms with Crippen LogP contribution in [0.2, 0.25) is 0 Å². The van der Waals surface area contributed by atoms with E-state index in [1.54, 1.807) is 12.1 Å². The molecule has 102 valence electrons. The molecule has 1 aliphatic rings. The Hall–Kier alpha value is -2.82. The lowest BCUT2D eigenvalue weighted by molar-refractivity contribution is 0.103. The van der Waals surface area contributed by atoms with Gasteiger partial charge >= 0.3 is 0 Å². The summed E-state index contributed by atoms with van der Waals surface area (Å²) in [5, 5.41) is 0.448. The molecule has 0 saturated carbocycles. The lowest BCUT2D eigenvalue weighted by atomic mass is 10.1. The van der Waals surface area contributed by atoms with Crippen LogP contribution >= 0.6 is 0 Å². The van der Waals surface area contributed by atoms with Crippen LogP contribution in [0.1, 0.15) is 21.7 Å². The maximum atomic E-state index is 13.3. The number of halogens is 1. The fraction of sp³-hybridized carbons (Fsp3) is 0.0625. The van der Waals surface area contributed by atoms with Gasteiger partial charge in [0.25, 0.3) is 5.56 Å². The maximum Gasteiger partial charge on any atom is 0.266 e. The molecule has 0 amide bonds. The predicted octanol–water partition coefficient (Wildman–Crippen LogP) is 2.38. The maximum absolute atomic E-state index is 13.3. The summed E-state index contributed by atoms with van der Waals surface area (Å²) in [7, 11) is 0. The fourth-order valence-corrected chi connectivity index (χ4v) is 2.68. The minimum Gasteiger partial charge on any atom is -0.285 e. The van der Waals surface area contributed by atoms with Crippen LogP contribution in [0.25, 0.3) is 16.6 Å². The third-order valence-electron chi connectivity index (χ3n) is 3.67. The molecule has 21 heavy (non-hydrogen) atoms. The molecule has 0 bridgehead atoms. The number of fused-ring (bicyclic) bond motifs is 4.